The van der Waals surface area contributed by atoms with Crippen molar-refractivity contribution >= 4 is 47.0 Å². The van der Waals surface area contributed by atoms with E-state index >= 15 is 0 Å². The Morgan fingerprint density at radius 3 is 2.29 bits per heavy atom. The van der Waals surface area contributed by atoms with E-state index < -0.39 is 23.9 Å². The fraction of sp³-hybridized carbons (Fsp3) is 0.273. The van der Waals surface area contributed by atoms with Crippen molar-refractivity contribution in [1.29, 1.82) is 0 Å². The van der Waals surface area contributed by atoms with Crippen LogP contribution in [0.25, 0.3) is 0 Å². The number of guanidine groups is 1. The van der Waals surface area contributed by atoms with Crippen molar-refractivity contribution in [1.82, 2.24) is 15.3 Å². The van der Waals surface area contributed by atoms with E-state index in [4.69, 9.17) is 39.6 Å². The van der Waals surface area contributed by atoms with Crippen LogP contribution < -0.4 is 28.3 Å². The van der Waals surface area contributed by atoms with Gasteiger partial charge in [-0.1, -0.05) is 11.6 Å². The Morgan fingerprint density at radius 2 is 1.88 bits per heavy atom. The van der Waals surface area contributed by atoms with Gasteiger partial charge in [-0.25, -0.2) is 14.8 Å². The first kappa shape index (κ1) is 18.9. The molecule has 1 aliphatic heterocycles. The first-order valence-electron chi connectivity index (χ1n) is 6.36. The molecule has 1 aromatic rings. The second kappa shape index (κ2) is 7.92. The molecule has 0 saturated carbocycles. The van der Waals surface area contributed by atoms with Crippen molar-refractivity contribution in [3.05, 3.63) is 10.8 Å². The summed E-state index contributed by atoms with van der Waals surface area (Å²) in [6, 6.07) is -0.641. The molecule has 2 heterocycles. The number of hydrogen-bond acceptors (Lipinski definition) is 7. The molecule has 12 nitrogen and oxygen atoms in total. The predicted molar refractivity (Wildman–Crippen MR) is 84.8 cm³/mol. The third-order valence-electron chi connectivity index (χ3n) is 2.63. The van der Waals surface area contributed by atoms with Crippen molar-refractivity contribution in [3.63, 3.8) is 0 Å². The van der Waals surface area contributed by atoms with Crippen LogP contribution in [0.5, 0.6) is 0 Å². The second-order valence-electron chi connectivity index (χ2n) is 4.47. The van der Waals surface area contributed by atoms with Crippen LogP contribution in [0.2, 0.25) is 5.15 Å². The number of amides is 2. The number of hydrogen-bond donors (Lipinski definition) is 6. The molecule has 13 heteroatoms. The number of nitrogens with zero attached hydrogens (tertiary/aromatic N) is 3. The number of carboxylic acids is 1. The van der Waals surface area contributed by atoms with E-state index in [1.54, 1.807) is 0 Å². The molecule has 0 bridgehead atoms. The average molecular weight is 359 g/mol. The van der Waals surface area contributed by atoms with Gasteiger partial charge in [-0.05, 0) is 6.42 Å². The zero-order valence-electron chi connectivity index (χ0n) is 12.2. The number of halogens is 1. The van der Waals surface area contributed by atoms with Gasteiger partial charge >= 0.3 is 11.9 Å². The summed E-state index contributed by atoms with van der Waals surface area (Å²) >= 11 is 5.55. The topological polar surface area (TPSA) is 226 Å². The van der Waals surface area contributed by atoms with Gasteiger partial charge in [-0.15, -0.1) is 0 Å². The van der Waals surface area contributed by atoms with Crippen molar-refractivity contribution in [2.45, 2.75) is 18.9 Å². The monoisotopic (exact) mass is 358 g/mol. The molecule has 1 aliphatic rings. The summed E-state index contributed by atoms with van der Waals surface area (Å²) in [4.78, 5) is 42.3. The summed E-state index contributed by atoms with van der Waals surface area (Å²) in [5.74, 6) is -2.61. The van der Waals surface area contributed by atoms with Crippen LogP contribution in [-0.2, 0) is 9.59 Å². The molecule has 0 unspecified atom stereocenters. The number of nitrogens with one attached hydrogen (secondary N) is 1. The molecule has 24 heavy (non-hydrogen) atoms. The van der Waals surface area contributed by atoms with Gasteiger partial charge < -0.3 is 33.4 Å². The van der Waals surface area contributed by atoms with Crippen molar-refractivity contribution in [2.75, 3.05) is 11.5 Å². The number of rotatable bonds is 2. The van der Waals surface area contributed by atoms with Gasteiger partial charge in [0.05, 0.1) is 0 Å². The quantitative estimate of drug-likeness (QED) is 0.253. The minimum atomic E-state index is -0.944. The zero-order chi connectivity index (χ0) is 18.4. The number of nitrogens with two attached hydrogens (primary N) is 4. The van der Waals surface area contributed by atoms with Gasteiger partial charge in [0, 0.05) is 6.42 Å². The Balaban J connectivity index is 0.000000272. The highest BCUT2D eigenvalue weighted by Crippen LogP contribution is 2.17. The Labute approximate surface area is 140 Å². The van der Waals surface area contributed by atoms with Gasteiger partial charge in [-0.2, -0.15) is 4.99 Å². The number of aliphatic imine (C=N–C) groups is 1. The zero-order valence-corrected chi connectivity index (χ0v) is 12.9. The van der Waals surface area contributed by atoms with Crippen LogP contribution in [0.3, 0.4) is 0 Å². The first-order valence-corrected chi connectivity index (χ1v) is 6.74. The van der Waals surface area contributed by atoms with Crippen LogP contribution >= 0.6 is 11.6 Å². The molecule has 10 N–H and O–H groups in total. The molecule has 0 aromatic carbocycles. The van der Waals surface area contributed by atoms with E-state index in [1.807, 2.05) is 0 Å². The standard InChI is InChI=1S/C6H8ClN7O.C5H7NO3/c7-2-4(9)13-3(8)1(12-2)5(15)14-6(10)11;7-4-2-1-3(6-4)5(8)9/h(H4,8,9,13)(H4,10,11,14,15);3H,1-2H2,(H,6,7)(H,8,9)/t;3-/m.0/s1. The normalized spacial score (nSPS) is 15.7. The maximum absolute atomic E-state index is 11.3. The maximum atomic E-state index is 11.3. The van der Waals surface area contributed by atoms with E-state index in [0.717, 1.165) is 0 Å². The van der Waals surface area contributed by atoms with E-state index in [-0.39, 0.29) is 28.4 Å². The SMILES string of the molecule is NC(N)=NC(=O)c1nc(Cl)c(N)nc1N.O=C1CC[C@@H](C(=O)O)N1. The summed E-state index contributed by atoms with van der Waals surface area (Å²) in [5, 5.41) is 10.5. The molecule has 1 aromatic heterocycles. The lowest BCUT2D eigenvalue weighted by Gasteiger charge is -2.02. The number of aliphatic carboxylic acids is 1. The smallest absolute Gasteiger partial charge is 0.326 e. The molecule has 0 spiro atoms. The number of anilines is 2. The van der Waals surface area contributed by atoms with Crippen LogP contribution in [0, 0.1) is 0 Å². The predicted octanol–water partition coefficient (Wildman–Crippen LogP) is -1.94. The van der Waals surface area contributed by atoms with Gasteiger partial charge in [0.2, 0.25) is 5.91 Å². The van der Waals surface area contributed by atoms with Crippen LogP contribution in [0.15, 0.2) is 4.99 Å². The van der Waals surface area contributed by atoms with Crippen molar-refractivity contribution < 1.29 is 19.5 Å². The van der Waals surface area contributed by atoms with Crippen molar-refractivity contribution in [2.24, 2.45) is 16.5 Å². The van der Waals surface area contributed by atoms with E-state index in [2.05, 4.69) is 20.3 Å². The molecule has 2 rings (SSSR count). The molecule has 130 valence electrons. The van der Waals surface area contributed by atoms with E-state index in [9.17, 15) is 14.4 Å². The highest BCUT2D eigenvalue weighted by molar-refractivity contribution is 6.31. The highest BCUT2D eigenvalue weighted by Gasteiger charge is 2.26. The van der Waals surface area contributed by atoms with Crippen LogP contribution in [0.1, 0.15) is 23.3 Å². The van der Waals surface area contributed by atoms with Crippen molar-refractivity contribution in [3.8, 4) is 0 Å². The van der Waals surface area contributed by atoms with Crippen LogP contribution in [-0.4, -0.2) is 44.9 Å². The number of nitrogen functional groups attached to an aromatic ring is 2. The fourth-order valence-corrected chi connectivity index (χ4v) is 1.70. The number of carbonyl (C=O) groups excluding carboxylic acids is 2. The van der Waals surface area contributed by atoms with Crippen LogP contribution in [0.4, 0.5) is 11.6 Å². The van der Waals surface area contributed by atoms with E-state index in [0.29, 0.717) is 12.8 Å². The third-order valence-corrected chi connectivity index (χ3v) is 2.91. The average Bonchev–Trinajstić information content (AvgIpc) is 2.89. The summed E-state index contributed by atoms with van der Waals surface area (Å²) in [7, 11) is 0. The van der Waals surface area contributed by atoms with Gasteiger partial charge in [0.1, 0.15) is 6.04 Å². The fourth-order valence-electron chi connectivity index (χ4n) is 1.57. The largest absolute Gasteiger partial charge is 0.480 e. The molecule has 2 amide bonds. The Bertz CT molecular complexity index is 704. The van der Waals surface area contributed by atoms with Gasteiger partial charge in [0.15, 0.2) is 28.4 Å². The molecular weight excluding hydrogens is 344 g/mol. The lowest BCUT2D eigenvalue weighted by molar-refractivity contribution is -0.140. The maximum Gasteiger partial charge on any atom is 0.326 e. The minimum absolute atomic E-state index is 0.0737. The third kappa shape index (κ3) is 5.24. The number of carboxylic acid groups (broad SMARTS) is 1. The van der Waals surface area contributed by atoms with E-state index in [1.165, 1.54) is 0 Å². The lowest BCUT2D eigenvalue weighted by Crippen LogP contribution is -2.32. The number of carbonyl (C=O) groups is 3. The first-order chi connectivity index (χ1) is 11.1. The summed E-state index contributed by atoms with van der Waals surface area (Å²) in [6.07, 6.45) is 0.769. The second-order valence-corrected chi connectivity index (χ2v) is 4.83. The molecule has 1 saturated heterocycles. The molecule has 1 fully saturated rings. The molecular formula is C11H15ClN8O4. The number of aromatic nitrogens is 2. The highest BCUT2D eigenvalue weighted by atomic mass is 35.5. The lowest BCUT2D eigenvalue weighted by atomic mass is 10.2. The summed E-state index contributed by atoms with van der Waals surface area (Å²) in [6.45, 7) is 0. The van der Waals surface area contributed by atoms with Gasteiger partial charge in [-0.3, -0.25) is 9.59 Å². The Kier molecular flexibility index (Phi) is 6.23. The molecule has 0 aliphatic carbocycles. The Hall–Kier alpha value is -3.15. The molecule has 0 radical (unpaired) electrons. The Morgan fingerprint density at radius 1 is 1.25 bits per heavy atom. The molecule has 1 atom stereocenters. The van der Waals surface area contributed by atoms with Gasteiger partial charge in [0.25, 0.3) is 0 Å². The summed E-state index contributed by atoms with van der Waals surface area (Å²) in [5.41, 5.74) is 20.5. The summed E-state index contributed by atoms with van der Waals surface area (Å²) < 4.78 is 0. The minimum Gasteiger partial charge on any atom is -0.480 e.